The lowest BCUT2D eigenvalue weighted by Crippen LogP contribution is -1.96. The molecule has 0 amide bonds. The van der Waals surface area contributed by atoms with Crippen molar-refractivity contribution in [1.82, 2.24) is 19.9 Å². The van der Waals surface area contributed by atoms with Gasteiger partial charge in [-0.25, -0.2) is 9.97 Å². The average molecular weight is 689 g/mol. The summed E-state index contributed by atoms with van der Waals surface area (Å²) in [5, 5.41) is 11.9. The van der Waals surface area contributed by atoms with E-state index in [1.807, 2.05) is 24.4 Å². The fourth-order valence-electron chi connectivity index (χ4n) is 7.71. The standard InChI is InChI=1S/C50H32N4/c1-2-13-40-38(11-1)39-12-3-4-14-41(39)43-16-7-8-18-45(43)47-30-36(23-24-46(47)44-17-6-5-15-42(40)44)50-53-48(31-49(54-50)35-25-28-51-29-26-35)34-21-19-33(20-22-34)37-10-9-27-52-32-37/h1-32H. The maximum Gasteiger partial charge on any atom is 0.160 e. The molecule has 0 saturated carbocycles. The molecule has 252 valence electrons. The molecule has 0 N–H and O–H groups in total. The van der Waals surface area contributed by atoms with Crippen molar-refractivity contribution >= 4 is 53.9 Å². The first-order valence-electron chi connectivity index (χ1n) is 18.1. The molecule has 0 fully saturated rings. The highest BCUT2D eigenvalue weighted by Crippen LogP contribution is 2.37. The summed E-state index contributed by atoms with van der Waals surface area (Å²) in [4.78, 5) is 19.0. The van der Waals surface area contributed by atoms with Crippen LogP contribution in [0.3, 0.4) is 0 Å². The first kappa shape index (κ1) is 31.4. The molecule has 0 aliphatic carbocycles. The molecule has 0 unspecified atom stereocenters. The third kappa shape index (κ3) is 5.58. The molecule has 3 aromatic heterocycles. The minimum Gasteiger partial charge on any atom is -0.265 e. The molecule has 10 rings (SSSR count). The van der Waals surface area contributed by atoms with Crippen molar-refractivity contribution in [2.45, 2.75) is 0 Å². The van der Waals surface area contributed by atoms with Gasteiger partial charge in [0.05, 0.1) is 11.4 Å². The normalized spacial score (nSPS) is 11.3. The van der Waals surface area contributed by atoms with Crippen LogP contribution in [0.15, 0.2) is 195 Å². The van der Waals surface area contributed by atoms with E-state index in [1.165, 1.54) is 37.7 Å². The van der Waals surface area contributed by atoms with Crippen molar-refractivity contribution in [3.63, 3.8) is 0 Å². The van der Waals surface area contributed by atoms with Gasteiger partial charge < -0.3 is 0 Å². The maximum absolute atomic E-state index is 5.25. The van der Waals surface area contributed by atoms with E-state index < -0.39 is 0 Å². The van der Waals surface area contributed by atoms with Crippen LogP contribution in [0.1, 0.15) is 0 Å². The van der Waals surface area contributed by atoms with Gasteiger partial charge in [-0.1, -0.05) is 140 Å². The lowest BCUT2D eigenvalue weighted by atomic mass is 9.93. The van der Waals surface area contributed by atoms with E-state index in [0.717, 1.165) is 55.4 Å². The predicted molar refractivity (Wildman–Crippen MR) is 225 cm³/mol. The van der Waals surface area contributed by atoms with Gasteiger partial charge in [-0.3, -0.25) is 9.97 Å². The van der Waals surface area contributed by atoms with Gasteiger partial charge in [0.25, 0.3) is 0 Å². The number of fused-ring (bicyclic) bond motifs is 10. The summed E-state index contributed by atoms with van der Waals surface area (Å²) in [7, 11) is 0. The summed E-state index contributed by atoms with van der Waals surface area (Å²) in [6.07, 6.45) is 7.29. The highest BCUT2D eigenvalue weighted by Gasteiger charge is 2.14. The van der Waals surface area contributed by atoms with Gasteiger partial charge in [0.15, 0.2) is 5.82 Å². The Kier molecular flexibility index (Phi) is 7.77. The summed E-state index contributed by atoms with van der Waals surface area (Å²) in [5.41, 5.74) is 6.80. The topological polar surface area (TPSA) is 51.6 Å². The highest BCUT2D eigenvalue weighted by atomic mass is 14.9. The van der Waals surface area contributed by atoms with Crippen LogP contribution in [-0.2, 0) is 0 Å². The molecule has 7 aromatic carbocycles. The Hall–Kier alpha value is -7.30. The molecule has 0 saturated heterocycles. The first-order valence-corrected chi connectivity index (χ1v) is 18.1. The monoisotopic (exact) mass is 688 g/mol. The van der Waals surface area contributed by atoms with E-state index in [0.29, 0.717) is 5.82 Å². The summed E-state index contributed by atoms with van der Waals surface area (Å²) in [6.45, 7) is 0. The second kappa shape index (κ2) is 13.4. The molecule has 0 radical (unpaired) electrons. The van der Waals surface area contributed by atoms with Crippen LogP contribution in [0.2, 0.25) is 0 Å². The molecular weight excluding hydrogens is 657 g/mol. The molecule has 0 atom stereocenters. The third-order valence-corrected chi connectivity index (χ3v) is 10.3. The SMILES string of the molecule is c1cncc(-c2ccc(-c3cc(-c4ccncc4)nc(-c4ccc5c6ccccc6c6ccccc6c6ccccc6c6ccccc6c5c4)n3)cc2)c1. The van der Waals surface area contributed by atoms with Gasteiger partial charge in [0.1, 0.15) is 0 Å². The Bertz CT molecular complexity index is 3010. The van der Waals surface area contributed by atoms with E-state index in [4.69, 9.17) is 9.97 Å². The molecule has 4 nitrogen and oxygen atoms in total. The molecular formula is C50H32N4. The third-order valence-electron chi connectivity index (χ3n) is 10.3. The Labute approximate surface area is 312 Å². The van der Waals surface area contributed by atoms with Crippen molar-refractivity contribution in [2.75, 3.05) is 0 Å². The van der Waals surface area contributed by atoms with Gasteiger partial charge in [-0.05, 0) is 95.3 Å². The largest absolute Gasteiger partial charge is 0.265 e. The van der Waals surface area contributed by atoms with Gasteiger partial charge in [0.2, 0.25) is 0 Å². The predicted octanol–water partition coefficient (Wildman–Crippen LogP) is 12.8. The number of benzene rings is 6. The van der Waals surface area contributed by atoms with Crippen molar-refractivity contribution < 1.29 is 0 Å². The fourth-order valence-corrected chi connectivity index (χ4v) is 7.71. The van der Waals surface area contributed by atoms with Gasteiger partial charge in [0, 0.05) is 41.5 Å². The molecule has 0 spiro atoms. The summed E-state index contributed by atoms with van der Waals surface area (Å²) in [6, 6.07) is 60.4. The van der Waals surface area contributed by atoms with Gasteiger partial charge in [-0.2, -0.15) is 0 Å². The van der Waals surface area contributed by atoms with Crippen molar-refractivity contribution in [2.24, 2.45) is 0 Å². The second-order valence-corrected chi connectivity index (χ2v) is 13.5. The number of hydrogen-bond donors (Lipinski definition) is 0. The number of nitrogens with zero attached hydrogens (tertiary/aromatic N) is 4. The maximum atomic E-state index is 5.25. The van der Waals surface area contributed by atoms with E-state index in [1.54, 1.807) is 18.6 Å². The Morgan fingerprint density at radius 1 is 0.259 bits per heavy atom. The molecule has 0 aliphatic heterocycles. The molecule has 0 aliphatic rings. The molecule has 54 heavy (non-hydrogen) atoms. The van der Waals surface area contributed by atoms with E-state index in [2.05, 4.69) is 162 Å². The summed E-state index contributed by atoms with van der Waals surface area (Å²) < 4.78 is 0. The van der Waals surface area contributed by atoms with Crippen LogP contribution in [0.25, 0.3) is 98.9 Å². The smallest absolute Gasteiger partial charge is 0.160 e. The van der Waals surface area contributed by atoms with Crippen molar-refractivity contribution in [3.05, 3.63) is 195 Å². The summed E-state index contributed by atoms with van der Waals surface area (Å²) >= 11 is 0. The minimum absolute atomic E-state index is 0.659. The van der Waals surface area contributed by atoms with Gasteiger partial charge >= 0.3 is 0 Å². The van der Waals surface area contributed by atoms with Crippen LogP contribution < -0.4 is 0 Å². The Morgan fingerprint density at radius 2 is 0.685 bits per heavy atom. The van der Waals surface area contributed by atoms with Gasteiger partial charge in [-0.15, -0.1) is 0 Å². The van der Waals surface area contributed by atoms with E-state index in [-0.39, 0.29) is 0 Å². The van der Waals surface area contributed by atoms with E-state index in [9.17, 15) is 0 Å². The summed E-state index contributed by atoms with van der Waals surface area (Å²) in [5.74, 6) is 0.659. The van der Waals surface area contributed by atoms with Crippen LogP contribution in [0, 0.1) is 0 Å². The first-order chi connectivity index (χ1) is 26.8. The van der Waals surface area contributed by atoms with E-state index >= 15 is 0 Å². The van der Waals surface area contributed by atoms with Crippen LogP contribution in [-0.4, -0.2) is 19.9 Å². The van der Waals surface area contributed by atoms with Crippen LogP contribution >= 0.6 is 0 Å². The zero-order valence-electron chi connectivity index (χ0n) is 29.3. The Balaban J connectivity index is 1.28. The lowest BCUT2D eigenvalue weighted by Gasteiger charge is -2.12. The molecule has 10 aromatic rings. The van der Waals surface area contributed by atoms with Crippen LogP contribution in [0.5, 0.6) is 0 Å². The minimum atomic E-state index is 0.659. The number of rotatable bonds is 4. The molecule has 4 heteroatoms. The quantitative estimate of drug-likeness (QED) is 0.185. The zero-order chi connectivity index (χ0) is 35.8. The van der Waals surface area contributed by atoms with Crippen molar-refractivity contribution in [1.29, 1.82) is 0 Å². The lowest BCUT2D eigenvalue weighted by molar-refractivity contribution is 1.18. The number of pyridine rings is 2. The second-order valence-electron chi connectivity index (χ2n) is 13.5. The zero-order valence-corrected chi connectivity index (χ0v) is 29.3. The number of hydrogen-bond acceptors (Lipinski definition) is 4. The average Bonchev–Trinajstić information content (AvgIpc) is 3.26. The van der Waals surface area contributed by atoms with Crippen molar-refractivity contribution in [3.8, 4) is 45.0 Å². The van der Waals surface area contributed by atoms with Crippen LogP contribution in [0.4, 0.5) is 0 Å². The number of aromatic nitrogens is 4. The molecule has 0 bridgehead atoms. The fraction of sp³-hybridized carbons (Fsp3) is 0. The molecule has 3 heterocycles. The Morgan fingerprint density at radius 3 is 1.17 bits per heavy atom. The highest BCUT2D eigenvalue weighted by molar-refractivity contribution is 6.26.